The highest BCUT2D eigenvalue weighted by Crippen LogP contribution is 2.32. The van der Waals surface area contributed by atoms with Gasteiger partial charge in [0, 0.05) is 12.5 Å². The van der Waals surface area contributed by atoms with E-state index in [0.29, 0.717) is 25.0 Å². The largest absolute Gasteiger partial charge is 0.360 e. The Morgan fingerprint density at radius 3 is 2.65 bits per heavy atom. The predicted octanol–water partition coefficient (Wildman–Crippen LogP) is 3.57. The molecular weight excluding hydrogens is 317 g/mol. The summed E-state index contributed by atoms with van der Waals surface area (Å²) in [6.07, 6.45) is 4.36. The van der Waals surface area contributed by atoms with E-state index < -0.39 is 27.2 Å². The van der Waals surface area contributed by atoms with Gasteiger partial charge in [0.2, 0.25) is 10.0 Å². The van der Waals surface area contributed by atoms with Crippen LogP contribution >= 0.6 is 0 Å². The van der Waals surface area contributed by atoms with E-state index in [0.717, 1.165) is 12.8 Å². The third kappa shape index (κ3) is 5.71. The van der Waals surface area contributed by atoms with E-state index in [1.54, 1.807) is 24.3 Å². The number of hydrogen-bond donors (Lipinski definition) is 1. The molecule has 130 valence electrons. The topological polar surface area (TPSA) is 55.4 Å². The SMILES string of the molecule is C=CCC[C@@H](c1ccccc1F)C(OCCCC)S(=O)(=O)NC. The minimum Gasteiger partial charge on any atom is -0.360 e. The van der Waals surface area contributed by atoms with Gasteiger partial charge in [0.05, 0.1) is 0 Å². The summed E-state index contributed by atoms with van der Waals surface area (Å²) in [5, 5.41) is 0. The van der Waals surface area contributed by atoms with E-state index in [1.165, 1.54) is 13.1 Å². The number of benzene rings is 1. The Kier molecular flexibility index (Phi) is 8.44. The van der Waals surface area contributed by atoms with Crippen molar-refractivity contribution < 1.29 is 17.5 Å². The Hall–Kier alpha value is -1.24. The van der Waals surface area contributed by atoms with Crippen LogP contribution in [-0.2, 0) is 14.8 Å². The Morgan fingerprint density at radius 1 is 1.39 bits per heavy atom. The van der Waals surface area contributed by atoms with Crippen LogP contribution in [0.5, 0.6) is 0 Å². The van der Waals surface area contributed by atoms with Crippen LogP contribution in [-0.4, -0.2) is 27.5 Å². The van der Waals surface area contributed by atoms with Crippen molar-refractivity contribution in [3.8, 4) is 0 Å². The number of sulfonamides is 1. The quantitative estimate of drug-likeness (QED) is 0.494. The van der Waals surface area contributed by atoms with Gasteiger partial charge in [-0.2, -0.15) is 0 Å². The summed E-state index contributed by atoms with van der Waals surface area (Å²) in [7, 11) is -2.36. The number of nitrogens with one attached hydrogen (secondary N) is 1. The van der Waals surface area contributed by atoms with Crippen LogP contribution in [0.2, 0.25) is 0 Å². The van der Waals surface area contributed by atoms with Crippen LogP contribution in [0.4, 0.5) is 4.39 Å². The van der Waals surface area contributed by atoms with Gasteiger partial charge in [0.15, 0.2) is 5.44 Å². The maximum atomic E-state index is 14.2. The second kappa shape index (κ2) is 9.80. The molecule has 0 aromatic heterocycles. The van der Waals surface area contributed by atoms with Gasteiger partial charge in [-0.1, -0.05) is 37.6 Å². The zero-order valence-electron chi connectivity index (χ0n) is 13.8. The van der Waals surface area contributed by atoms with Crippen molar-refractivity contribution >= 4 is 10.0 Å². The lowest BCUT2D eigenvalue weighted by molar-refractivity contribution is 0.0811. The van der Waals surface area contributed by atoms with Crippen molar-refractivity contribution in [3.05, 3.63) is 48.3 Å². The molecule has 0 aliphatic heterocycles. The van der Waals surface area contributed by atoms with E-state index in [-0.39, 0.29) is 0 Å². The molecule has 1 aromatic carbocycles. The summed E-state index contributed by atoms with van der Waals surface area (Å²) in [4.78, 5) is 0. The van der Waals surface area contributed by atoms with Gasteiger partial charge in [-0.05, 0) is 37.9 Å². The van der Waals surface area contributed by atoms with Crippen molar-refractivity contribution in [1.82, 2.24) is 4.72 Å². The zero-order chi connectivity index (χ0) is 17.3. The number of hydrogen-bond acceptors (Lipinski definition) is 3. The Morgan fingerprint density at radius 2 is 2.09 bits per heavy atom. The average Bonchev–Trinajstić information content (AvgIpc) is 2.54. The van der Waals surface area contributed by atoms with Crippen LogP contribution in [0.1, 0.15) is 44.1 Å². The second-order valence-corrected chi connectivity index (χ2v) is 7.30. The molecule has 0 heterocycles. The smallest absolute Gasteiger partial charge is 0.239 e. The number of unbranched alkanes of at least 4 members (excludes halogenated alkanes) is 1. The van der Waals surface area contributed by atoms with Gasteiger partial charge >= 0.3 is 0 Å². The molecule has 1 unspecified atom stereocenters. The molecule has 2 atom stereocenters. The van der Waals surface area contributed by atoms with E-state index in [1.807, 2.05) is 6.92 Å². The van der Waals surface area contributed by atoms with Crippen LogP contribution in [0.15, 0.2) is 36.9 Å². The van der Waals surface area contributed by atoms with Gasteiger partial charge in [-0.25, -0.2) is 17.5 Å². The first-order valence-electron chi connectivity index (χ1n) is 7.87. The molecule has 0 aliphatic carbocycles. The summed E-state index contributed by atoms with van der Waals surface area (Å²) >= 11 is 0. The van der Waals surface area contributed by atoms with Crippen molar-refractivity contribution in [2.45, 2.75) is 44.0 Å². The molecule has 0 amide bonds. The molecule has 0 radical (unpaired) electrons. The normalized spacial score (nSPS) is 14.4. The predicted molar refractivity (Wildman–Crippen MR) is 91.2 cm³/mol. The number of rotatable bonds is 11. The molecule has 1 rings (SSSR count). The van der Waals surface area contributed by atoms with Crippen LogP contribution in [0, 0.1) is 5.82 Å². The summed E-state index contributed by atoms with van der Waals surface area (Å²) in [5.74, 6) is -1.01. The molecule has 1 N–H and O–H groups in total. The highest BCUT2D eigenvalue weighted by Gasteiger charge is 2.35. The molecule has 23 heavy (non-hydrogen) atoms. The zero-order valence-corrected chi connectivity index (χ0v) is 14.6. The van der Waals surface area contributed by atoms with Crippen LogP contribution < -0.4 is 4.72 Å². The van der Waals surface area contributed by atoms with Gasteiger partial charge in [0.25, 0.3) is 0 Å². The molecule has 6 heteroatoms. The van der Waals surface area contributed by atoms with Gasteiger partial charge in [0.1, 0.15) is 5.82 Å². The van der Waals surface area contributed by atoms with Crippen molar-refractivity contribution in [2.75, 3.05) is 13.7 Å². The molecule has 0 fully saturated rings. The van der Waals surface area contributed by atoms with E-state index in [9.17, 15) is 12.8 Å². The molecule has 1 aromatic rings. The Balaban J connectivity index is 3.20. The average molecular weight is 343 g/mol. The fraction of sp³-hybridized carbons (Fsp3) is 0.529. The van der Waals surface area contributed by atoms with Gasteiger partial charge in [-0.15, -0.1) is 6.58 Å². The first-order valence-corrected chi connectivity index (χ1v) is 9.41. The van der Waals surface area contributed by atoms with Crippen LogP contribution in [0.3, 0.4) is 0 Å². The third-order valence-corrected chi connectivity index (χ3v) is 5.33. The lowest BCUT2D eigenvalue weighted by atomic mass is 9.94. The molecule has 0 aliphatic rings. The minimum atomic E-state index is -3.71. The molecule has 0 spiro atoms. The fourth-order valence-electron chi connectivity index (χ4n) is 2.39. The molecule has 4 nitrogen and oxygen atoms in total. The lowest BCUT2D eigenvalue weighted by Gasteiger charge is -2.27. The first kappa shape index (κ1) is 19.8. The van der Waals surface area contributed by atoms with Crippen LogP contribution in [0.25, 0.3) is 0 Å². The number of ether oxygens (including phenoxy) is 1. The standard InChI is InChI=1S/C17H26FNO3S/c1-4-6-10-15(14-11-8-9-12-16(14)18)17(22-13-7-5-2)23(20,21)19-3/h4,8-9,11-12,15,17,19H,1,5-7,10,13H2,2-3H3/t15-,17?/m0/s1. The van der Waals surface area contributed by atoms with E-state index >= 15 is 0 Å². The molecular formula is C17H26FNO3S. The highest BCUT2D eigenvalue weighted by molar-refractivity contribution is 7.90. The lowest BCUT2D eigenvalue weighted by Crippen LogP contribution is -2.39. The minimum absolute atomic E-state index is 0.321. The maximum absolute atomic E-state index is 14.2. The molecule has 0 saturated carbocycles. The van der Waals surface area contributed by atoms with Crippen molar-refractivity contribution in [2.24, 2.45) is 0 Å². The highest BCUT2D eigenvalue weighted by atomic mass is 32.2. The summed E-state index contributed by atoms with van der Waals surface area (Å²) in [6, 6.07) is 6.24. The molecule has 0 saturated heterocycles. The first-order chi connectivity index (χ1) is 11.0. The van der Waals surface area contributed by atoms with Gasteiger partial charge < -0.3 is 4.74 Å². The van der Waals surface area contributed by atoms with Gasteiger partial charge in [-0.3, -0.25) is 0 Å². The summed E-state index contributed by atoms with van der Waals surface area (Å²) in [5.41, 5.74) is -0.773. The van der Waals surface area contributed by atoms with Crippen molar-refractivity contribution in [1.29, 1.82) is 0 Å². The number of halogens is 1. The van der Waals surface area contributed by atoms with E-state index in [4.69, 9.17) is 4.74 Å². The number of allylic oxidation sites excluding steroid dienone is 1. The Bertz CT molecular complexity index is 589. The molecule has 0 bridgehead atoms. The monoisotopic (exact) mass is 343 g/mol. The summed E-state index contributed by atoms with van der Waals surface area (Å²) in [6.45, 7) is 5.98. The Labute approximate surface area is 138 Å². The van der Waals surface area contributed by atoms with Crippen molar-refractivity contribution in [3.63, 3.8) is 0 Å². The van der Waals surface area contributed by atoms with E-state index in [2.05, 4.69) is 11.3 Å². The summed E-state index contributed by atoms with van der Waals surface area (Å²) < 4.78 is 47.0. The third-order valence-electron chi connectivity index (χ3n) is 3.69. The second-order valence-electron chi connectivity index (χ2n) is 5.34. The maximum Gasteiger partial charge on any atom is 0.239 e. The fourth-order valence-corrected chi connectivity index (χ4v) is 3.62.